The molecular weight excluding hydrogens is 443 g/mol. The van der Waals surface area contributed by atoms with Crippen LogP contribution >= 0.6 is 22.6 Å². The van der Waals surface area contributed by atoms with Gasteiger partial charge in [0.25, 0.3) is 5.91 Å². The van der Waals surface area contributed by atoms with Gasteiger partial charge in [0.15, 0.2) is 0 Å². The average molecular weight is 460 g/mol. The molecule has 0 radical (unpaired) electrons. The zero-order chi connectivity index (χ0) is 17.6. The highest BCUT2D eigenvalue weighted by atomic mass is 127. The minimum absolute atomic E-state index is 0.0360. The zero-order valence-corrected chi connectivity index (χ0v) is 15.9. The predicted octanol–water partition coefficient (Wildman–Crippen LogP) is 2.47. The van der Waals surface area contributed by atoms with E-state index in [2.05, 4.69) is 32.6 Å². The summed E-state index contributed by atoms with van der Waals surface area (Å²) in [6.07, 6.45) is 0. The van der Waals surface area contributed by atoms with E-state index in [1.807, 2.05) is 12.1 Å². The van der Waals surface area contributed by atoms with Gasteiger partial charge in [-0.3, -0.25) is 4.79 Å². The van der Waals surface area contributed by atoms with Gasteiger partial charge in [0.05, 0.1) is 11.5 Å². The third-order valence-corrected chi connectivity index (χ3v) is 5.28. The Hall–Kier alpha value is -1.49. The molecule has 2 aromatic rings. The Bertz CT molecular complexity index is 807. The second-order valence-electron chi connectivity index (χ2n) is 4.88. The van der Waals surface area contributed by atoms with Crippen LogP contribution in [0, 0.1) is 3.57 Å². The molecular formula is C16H17IN2O4S. The van der Waals surface area contributed by atoms with E-state index >= 15 is 0 Å². The summed E-state index contributed by atoms with van der Waals surface area (Å²) < 4.78 is 32.6. The number of hydrogen-bond donors (Lipinski definition) is 2. The van der Waals surface area contributed by atoms with Crippen LogP contribution < -0.4 is 10.0 Å². The van der Waals surface area contributed by atoms with Gasteiger partial charge in [-0.15, -0.1) is 0 Å². The molecule has 2 aromatic carbocycles. The van der Waals surface area contributed by atoms with Crippen LogP contribution in [0.2, 0.25) is 0 Å². The number of carbonyl (C=O) groups excluding carboxylic acids is 1. The molecule has 0 aliphatic carbocycles. The molecule has 0 saturated heterocycles. The van der Waals surface area contributed by atoms with Crippen molar-refractivity contribution in [3.8, 4) is 0 Å². The van der Waals surface area contributed by atoms with Crippen molar-refractivity contribution < 1.29 is 17.9 Å². The van der Waals surface area contributed by atoms with Crippen molar-refractivity contribution in [1.82, 2.24) is 4.72 Å². The summed E-state index contributed by atoms with van der Waals surface area (Å²) in [7, 11) is -2.19. The molecule has 1 amide bonds. The number of nitrogens with one attached hydrogen (secondary N) is 2. The van der Waals surface area contributed by atoms with Crippen LogP contribution in [-0.2, 0) is 14.8 Å². The van der Waals surface area contributed by atoms with Crippen molar-refractivity contribution in [2.45, 2.75) is 4.90 Å². The fourth-order valence-corrected chi connectivity index (χ4v) is 3.32. The normalized spacial score (nSPS) is 11.2. The highest BCUT2D eigenvalue weighted by molar-refractivity contribution is 14.1. The molecule has 8 heteroatoms. The van der Waals surface area contributed by atoms with Crippen molar-refractivity contribution in [2.24, 2.45) is 0 Å². The first-order valence-corrected chi connectivity index (χ1v) is 9.64. The molecule has 0 saturated carbocycles. The maximum absolute atomic E-state index is 12.3. The topological polar surface area (TPSA) is 84.5 Å². The largest absolute Gasteiger partial charge is 0.383 e. The zero-order valence-electron chi connectivity index (χ0n) is 13.0. The first kappa shape index (κ1) is 18.8. The van der Waals surface area contributed by atoms with E-state index in [4.69, 9.17) is 4.74 Å². The van der Waals surface area contributed by atoms with Crippen molar-refractivity contribution in [2.75, 3.05) is 25.6 Å². The van der Waals surface area contributed by atoms with Crippen LogP contribution in [0.3, 0.4) is 0 Å². The lowest BCUT2D eigenvalue weighted by atomic mass is 10.2. The average Bonchev–Trinajstić information content (AvgIpc) is 2.57. The van der Waals surface area contributed by atoms with Crippen molar-refractivity contribution in [3.05, 3.63) is 57.7 Å². The molecule has 0 unspecified atom stereocenters. The van der Waals surface area contributed by atoms with E-state index in [-0.39, 0.29) is 29.5 Å². The Morgan fingerprint density at radius 1 is 1.17 bits per heavy atom. The summed E-state index contributed by atoms with van der Waals surface area (Å²) in [5, 5.41) is 2.74. The third kappa shape index (κ3) is 5.26. The number of benzene rings is 2. The molecule has 0 spiro atoms. The molecule has 24 heavy (non-hydrogen) atoms. The molecule has 0 fully saturated rings. The first-order chi connectivity index (χ1) is 11.4. The monoisotopic (exact) mass is 460 g/mol. The van der Waals surface area contributed by atoms with Crippen LogP contribution in [-0.4, -0.2) is 34.6 Å². The molecule has 0 heterocycles. The third-order valence-electron chi connectivity index (χ3n) is 3.11. The standard InChI is InChI=1S/C16H17IN2O4S/c1-23-10-9-18-24(21,22)15-4-2-3-12(11-15)16(20)19-14-7-5-13(17)6-8-14/h2-8,11,18H,9-10H2,1H3,(H,19,20). The molecule has 2 rings (SSSR count). The maximum atomic E-state index is 12.3. The lowest BCUT2D eigenvalue weighted by Crippen LogP contribution is -2.27. The SMILES string of the molecule is COCCNS(=O)(=O)c1cccc(C(=O)Nc2ccc(I)cc2)c1. The summed E-state index contributed by atoms with van der Waals surface area (Å²) in [6.45, 7) is 0.435. The summed E-state index contributed by atoms with van der Waals surface area (Å²) in [5.74, 6) is -0.370. The van der Waals surface area contributed by atoms with Gasteiger partial charge in [-0.1, -0.05) is 6.07 Å². The van der Waals surface area contributed by atoms with Crippen LogP contribution in [0.25, 0.3) is 0 Å². The van der Waals surface area contributed by atoms with Gasteiger partial charge in [0.1, 0.15) is 0 Å². The highest BCUT2D eigenvalue weighted by Crippen LogP contribution is 2.15. The second-order valence-corrected chi connectivity index (χ2v) is 7.89. The number of amides is 1. The molecule has 0 aliphatic rings. The molecule has 0 aromatic heterocycles. The van der Waals surface area contributed by atoms with Gasteiger partial charge in [0, 0.05) is 28.5 Å². The van der Waals surface area contributed by atoms with Crippen molar-refractivity contribution in [1.29, 1.82) is 0 Å². The smallest absolute Gasteiger partial charge is 0.255 e. The number of methoxy groups -OCH3 is 1. The second kappa shape index (κ2) is 8.56. The van der Waals surface area contributed by atoms with E-state index in [9.17, 15) is 13.2 Å². The molecule has 0 atom stereocenters. The summed E-state index contributed by atoms with van der Waals surface area (Å²) in [5.41, 5.74) is 0.912. The summed E-state index contributed by atoms with van der Waals surface area (Å²) >= 11 is 2.17. The van der Waals surface area contributed by atoms with E-state index in [1.54, 1.807) is 18.2 Å². The van der Waals surface area contributed by atoms with Crippen molar-refractivity contribution >= 4 is 44.2 Å². The molecule has 2 N–H and O–H groups in total. The minimum atomic E-state index is -3.68. The van der Waals surface area contributed by atoms with E-state index < -0.39 is 10.0 Å². The van der Waals surface area contributed by atoms with E-state index in [0.29, 0.717) is 5.69 Å². The Labute approximate surface area is 154 Å². The van der Waals surface area contributed by atoms with Gasteiger partial charge in [-0.25, -0.2) is 13.1 Å². The summed E-state index contributed by atoms with van der Waals surface area (Å²) in [4.78, 5) is 12.3. The predicted molar refractivity (Wildman–Crippen MR) is 101 cm³/mol. The van der Waals surface area contributed by atoms with Gasteiger partial charge in [-0.05, 0) is 65.1 Å². The molecule has 0 aliphatic heterocycles. The minimum Gasteiger partial charge on any atom is -0.383 e. The lowest BCUT2D eigenvalue weighted by Gasteiger charge is -2.09. The highest BCUT2D eigenvalue weighted by Gasteiger charge is 2.16. The number of anilines is 1. The lowest BCUT2D eigenvalue weighted by molar-refractivity contribution is 0.102. The maximum Gasteiger partial charge on any atom is 0.255 e. The number of halogens is 1. The van der Waals surface area contributed by atoms with Crippen LogP contribution in [0.1, 0.15) is 10.4 Å². The number of ether oxygens (including phenoxy) is 1. The molecule has 0 bridgehead atoms. The van der Waals surface area contributed by atoms with E-state index in [1.165, 1.54) is 25.3 Å². The number of hydrogen-bond acceptors (Lipinski definition) is 4. The Morgan fingerprint density at radius 2 is 1.88 bits per heavy atom. The van der Waals surface area contributed by atoms with Gasteiger partial charge in [0.2, 0.25) is 10.0 Å². The quantitative estimate of drug-likeness (QED) is 0.491. The van der Waals surface area contributed by atoms with E-state index in [0.717, 1.165) is 3.57 Å². The summed E-state index contributed by atoms with van der Waals surface area (Å²) in [6, 6.07) is 13.2. The molecule has 128 valence electrons. The van der Waals surface area contributed by atoms with Gasteiger partial charge in [-0.2, -0.15) is 0 Å². The van der Waals surface area contributed by atoms with Gasteiger partial charge >= 0.3 is 0 Å². The number of rotatable bonds is 7. The fraction of sp³-hybridized carbons (Fsp3) is 0.188. The Morgan fingerprint density at radius 3 is 2.54 bits per heavy atom. The number of carbonyl (C=O) groups is 1. The van der Waals surface area contributed by atoms with Gasteiger partial charge < -0.3 is 10.1 Å². The van der Waals surface area contributed by atoms with Crippen LogP contribution in [0.15, 0.2) is 53.4 Å². The van der Waals surface area contributed by atoms with Crippen molar-refractivity contribution in [3.63, 3.8) is 0 Å². The molecule has 6 nitrogen and oxygen atoms in total. The Balaban J connectivity index is 2.14. The number of sulfonamides is 1. The fourth-order valence-electron chi connectivity index (χ4n) is 1.90. The first-order valence-electron chi connectivity index (χ1n) is 7.08. The van der Waals surface area contributed by atoms with Crippen LogP contribution in [0.5, 0.6) is 0 Å². The van der Waals surface area contributed by atoms with Crippen LogP contribution in [0.4, 0.5) is 5.69 Å². The Kier molecular flexibility index (Phi) is 6.72.